The minimum Gasteiger partial charge on any atom is -0.491 e. The van der Waals surface area contributed by atoms with Crippen LogP contribution in [0.5, 0.6) is 5.75 Å². The number of anilines is 2. The molecule has 100 valence electrons. The molecule has 2 N–H and O–H groups in total. The summed E-state index contributed by atoms with van der Waals surface area (Å²) < 4.78 is 18.9. The Morgan fingerprint density at radius 3 is 3.00 bits per heavy atom. The summed E-state index contributed by atoms with van der Waals surface area (Å²) in [6, 6.07) is 3.07. The van der Waals surface area contributed by atoms with E-state index in [0.717, 1.165) is 24.5 Å². The van der Waals surface area contributed by atoms with Crippen molar-refractivity contribution in [3.05, 3.63) is 17.9 Å². The molecule has 0 aliphatic carbocycles. The fourth-order valence-electron chi connectivity index (χ4n) is 2.14. The predicted octanol–water partition coefficient (Wildman–Crippen LogP) is 2.75. The van der Waals surface area contributed by atoms with Gasteiger partial charge in [-0.2, -0.15) is 11.8 Å². The molecular weight excluding hydrogens is 251 g/mol. The maximum absolute atomic E-state index is 13.6. The third kappa shape index (κ3) is 2.83. The predicted molar refractivity (Wildman–Crippen MR) is 76.1 cm³/mol. The van der Waals surface area contributed by atoms with Crippen molar-refractivity contribution in [2.75, 3.05) is 36.1 Å². The van der Waals surface area contributed by atoms with Gasteiger partial charge in [0.2, 0.25) is 0 Å². The van der Waals surface area contributed by atoms with E-state index >= 15 is 0 Å². The van der Waals surface area contributed by atoms with Gasteiger partial charge in [0.05, 0.1) is 18.0 Å². The number of ether oxygens (including phenoxy) is 1. The first kappa shape index (κ1) is 13.3. The van der Waals surface area contributed by atoms with E-state index in [2.05, 4.69) is 11.8 Å². The molecule has 1 aromatic carbocycles. The summed E-state index contributed by atoms with van der Waals surface area (Å²) in [5, 5.41) is 0.568. The van der Waals surface area contributed by atoms with Crippen molar-refractivity contribution >= 4 is 23.1 Å². The number of hydrogen-bond donors (Lipinski definition) is 1. The smallest absolute Gasteiger partial charge is 0.167 e. The van der Waals surface area contributed by atoms with Crippen molar-refractivity contribution in [1.29, 1.82) is 0 Å². The lowest BCUT2D eigenvalue weighted by molar-refractivity contribution is 0.321. The van der Waals surface area contributed by atoms with Crippen LogP contribution in [0.1, 0.15) is 13.8 Å². The maximum Gasteiger partial charge on any atom is 0.167 e. The summed E-state index contributed by atoms with van der Waals surface area (Å²) in [5.41, 5.74) is 7.28. The molecule has 0 bridgehead atoms. The van der Waals surface area contributed by atoms with Crippen LogP contribution in [0.15, 0.2) is 12.1 Å². The second kappa shape index (κ2) is 5.69. The summed E-state index contributed by atoms with van der Waals surface area (Å²) >= 11 is 1.95. The number of halogens is 1. The largest absolute Gasteiger partial charge is 0.491 e. The van der Waals surface area contributed by atoms with Crippen molar-refractivity contribution in [2.45, 2.75) is 19.1 Å². The van der Waals surface area contributed by atoms with E-state index in [-0.39, 0.29) is 5.75 Å². The minimum atomic E-state index is -0.391. The van der Waals surface area contributed by atoms with Gasteiger partial charge in [-0.05, 0) is 6.92 Å². The van der Waals surface area contributed by atoms with Gasteiger partial charge in [0, 0.05) is 36.2 Å². The third-order valence-electron chi connectivity index (χ3n) is 2.96. The van der Waals surface area contributed by atoms with Crippen LogP contribution in [0.25, 0.3) is 0 Å². The van der Waals surface area contributed by atoms with Crippen LogP contribution in [0.4, 0.5) is 15.8 Å². The van der Waals surface area contributed by atoms with Crippen LogP contribution in [-0.4, -0.2) is 30.7 Å². The average molecular weight is 270 g/mol. The molecule has 1 saturated heterocycles. The molecule has 0 amide bonds. The molecule has 1 aliphatic heterocycles. The van der Waals surface area contributed by atoms with Gasteiger partial charge in [-0.1, -0.05) is 6.92 Å². The molecule has 1 aromatic rings. The van der Waals surface area contributed by atoms with Crippen LogP contribution >= 0.6 is 11.8 Å². The van der Waals surface area contributed by atoms with E-state index in [1.165, 1.54) is 6.07 Å². The second-order valence-electron chi connectivity index (χ2n) is 4.40. The van der Waals surface area contributed by atoms with Crippen LogP contribution in [0, 0.1) is 5.82 Å². The molecule has 1 aliphatic rings. The molecule has 0 spiro atoms. The van der Waals surface area contributed by atoms with Gasteiger partial charge in [-0.15, -0.1) is 0 Å². The lowest BCUT2D eigenvalue weighted by Crippen LogP contribution is -2.37. The number of thioether (sulfide) groups is 1. The molecule has 5 heteroatoms. The van der Waals surface area contributed by atoms with Gasteiger partial charge >= 0.3 is 0 Å². The van der Waals surface area contributed by atoms with Crippen molar-refractivity contribution in [1.82, 2.24) is 0 Å². The number of nitrogens with zero attached hydrogens (tertiary/aromatic N) is 1. The standard InChI is InChI=1S/C13H19FN2OS/c1-3-17-13-7-12(11(15)6-10(13)14)16-4-5-18-9(2)8-16/h6-7,9H,3-5,8,15H2,1-2H3. The molecule has 18 heavy (non-hydrogen) atoms. The molecule has 0 radical (unpaired) electrons. The van der Waals surface area contributed by atoms with Gasteiger partial charge in [-0.3, -0.25) is 0 Å². The van der Waals surface area contributed by atoms with Crippen molar-refractivity contribution in [2.24, 2.45) is 0 Å². The molecule has 3 nitrogen and oxygen atoms in total. The van der Waals surface area contributed by atoms with E-state index in [9.17, 15) is 4.39 Å². The quantitative estimate of drug-likeness (QED) is 0.857. The zero-order valence-corrected chi connectivity index (χ0v) is 11.6. The highest BCUT2D eigenvalue weighted by Crippen LogP contribution is 2.33. The van der Waals surface area contributed by atoms with Crippen LogP contribution in [-0.2, 0) is 0 Å². The Morgan fingerprint density at radius 2 is 2.33 bits per heavy atom. The average Bonchev–Trinajstić information content (AvgIpc) is 2.33. The number of benzene rings is 1. The SMILES string of the molecule is CCOc1cc(N2CCSC(C)C2)c(N)cc1F. The molecule has 2 rings (SSSR count). The molecule has 1 heterocycles. The van der Waals surface area contributed by atoms with Crippen LogP contribution in [0.2, 0.25) is 0 Å². The lowest BCUT2D eigenvalue weighted by atomic mass is 10.2. The Labute approximate surface area is 111 Å². The number of nitrogens with two attached hydrogens (primary N) is 1. The number of rotatable bonds is 3. The Hall–Kier alpha value is -1.10. The van der Waals surface area contributed by atoms with Gasteiger partial charge in [0.1, 0.15) is 0 Å². The Balaban J connectivity index is 2.28. The zero-order chi connectivity index (χ0) is 13.1. The zero-order valence-electron chi connectivity index (χ0n) is 10.8. The normalized spacial score (nSPS) is 19.9. The van der Waals surface area contributed by atoms with Crippen molar-refractivity contribution in [3.63, 3.8) is 0 Å². The maximum atomic E-state index is 13.6. The first-order valence-corrected chi connectivity index (χ1v) is 7.25. The summed E-state index contributed by atoms with van der Waals surface area (Å²) in [7, 11) is 0. The van der Waals surface area contributed by atoms with E-state index in [1.807, 2.05) is 18.7 Å². The Morgan fingerprint density at radius 1 is 1.56 bits per heavy atom. The highest BCUT2D eigenvalue weighted by Gasteiger charge is 2.20. The first-order chi connectivity index (χ1) is 8.61. The van der Waals surface area contributed by atoms with Crippen molar-refractivity contribution in [3.8, 4) is 5.75 Å². The summed E-state index contributed by atoms with van der Waals surface area (Å²) in [6.45, 7) is 6.37. The molecular formula is C13H19FN2OS. The molecule has 0 saturated carbocycles. The van der Waals surface area contributed by atoms with Gasteiger partial charge in [0.15, 0.2) is 11.6 Å². The third-order valence-corrected chi connectivity index (χ3v) is 4.10. The van der Waals surface area contributed by atoms with E-state index in [0.29, 0.717) is 17.5 Å². The number of nitrogen functional groups attached to an aromatic ring is 1. The fraction of sp³-hybridized carbons (Fsp3) is 0.538. The summed E-state index contributed by atoms with van der Waals surface area (Å²) in [4.78, 5) is 2.21. The second-order valence-corrected chi connectivity index (χ2v) is 5.95. The minimum absolute atomic E-state index is 0.285. The fourth-order valence-corrected chi connectivity index (χ4v) is 3.15. The molecule has 1 fully saturated rings. The Kier molecular flexibility index (Phi) is 4.22. The number of hydrogen-bond acceptors (Lipinski definition) is 4. The van der Waals surface area contributed by atoms with E-state index < -0.39 is 5.82 Å². The van der Waals surface area contributed by atoms with Gasteiger partial charge in [-0.25, -0.2) is 4.39 Å². The topological polar surface area (TPSA) is 38.5 Å². The van der Waals surface area contributed by atoms with Crippen molar-refractivity contribution < 1.29 is 9.13 Å². The molecule has 1 unspecified atom stereocenters. The molecule has 1 atom stereocenters. The summed E-state index contributed by atoms with van der Waals surface area (Å²) in [6.07, 6.45) is 0. The highest BCUT2D eigenvalue weighted by molar-refractivity contribution is 8.00. The first-order valence-electron chi connectivity index (χ1n) is 6.20. The van der Waals surface area contributed by atoms with E-state index in [1.54, 1.807) is 6.07 Å². The van der Waals surface area contributed by atoms with Crippen LogP contribution in [0.3, 0.4) is 0 Å². The van der Waals surface area contributed by atoms with E-state index in [4.69, 9.17) is 10.5 Å². The van der Waals surface area contributed by atoms with Crippen LogP contribution < -0.4 is 15.4 Å². The Bertz CT molecular complexity index is 428. The molecule has 0 aromatic heterocycles. The van der Waals surface area contributed by atoms with Gasteiger partial charge in [0.25, 0.3) is 0 Å². The monoisotopic (exact) mass is 270 g/mol. The summed E-state index contributed by atoms with van der Waals surface area (Å²) in [5.74, 6) is 0.965. The van der Waals surface area contributed by atoms with Gasteiger partial charge < -0.3 is 15.4 Å². The highest BCUT2D eigenvalue weighted by atomic mass is 32.2. The lowest BCUT2D eigenvalue weighted by Gasteiger charge is -2.33.